The minimum Gasteiger partial charge on any atom is -0.352 e. The Morgan fingerprint density at radius 1 is 1.42 bits per heavy atom. The number of nitriles is 1. The van der Waals surface area contributed by atoms with Crippen LogP contribution in [0.2, 0.25) is 0 Å². The van der Waals surface area contributed by atoms with Crippen LogP contribution in [0.15, 0.2) is 4.79 Å². The van der Waals surface area contributed by atoms with Crippen LogP contribution < -0.4 is 16.2 Å². The number of aromatic nitrogens is 1. The highest BCUT2D eigenvalue weighted by molar-refractivity contribution is 5.85. The van der Waals surface area contributed by atoms with Crippen molar-refractivity contribution in [2.24, 2.45) is 5.92 Å². The molecule has 24 heavy (non-hydrogen) atoms. The lowest BCUT2D eigenvalue weighted by molar-refractivity contribution is -0.122. The number of amides is 1. The first-order valence-electron chi connectivity index (χ1n) is 8.06. The van der Waals surface area contributed by atoms with Crippen LogP contribution in [-0.2, 0) is 11.2 Å². The lowest BCUT2D eigenvalue weighted by atomic mass is 9.94. The smallest absolute Gasteiger partial charge is 0.266 e. The third-order valence-corrected chi connectivity index (χ3v) is 4.70. The summed E-state index contributed by atoms with van der Waals surface area (Å²) in [4.78, 5) is 26.6. The van der Waals surface area contributed by atoms with E-state index in [0.29, 0.717) is 24.3 Å². The van der Waals surface area contributed by atoms with Gasteiger partial charge in [-0.25, -0.2) is 0 Å². The molecule has 0 aromatic carbocycles. The van der Waals surface area contributed by atoms with Crippen LogP contribution in [0.25, 0.3) is 0 Å². The van der Waals surface area contributed by atoms with Crippen molar-refractivity contribution in [3.63, 3.8) is 0 Å². The Morgan fingerprint density at radius 3 is 2.75 bits per heavy atom. The fourth-order valence-electron chi connectivity index (χ4n) is 3.12. The van der Waals surface area contributed by atoms with Gasteiger partial charge in [-0.05, 0) is 50.3 Å². The molecule has 1 amide bonds. The molecule has 2 heterocycles. The monoisotopic (exact) mass is 352 g/mol. The number of H-pyrrole nitrogens is 1. The summed E-state index contributed by atoms with van der Waals surface area (Å²) < 4.78 is 0. The summed E-state index contributed by atoms with van der Waals surface area (Å²) in [6, 6.07) is 2.11. The SMILES string of the molecule is Cc1[nH]c(=O)c(C#N)c(C)c1CCC(=O)NC1CNCCC1C.Cl. The van der Waals surface area contributed by atoms with Gasteiger partial charge in [0.05, 0.1) is 0 Å². The molecule has 0 radical (unpaired) electrons. The second-order valence-corrected chi connectivity index (χ2v) is 6.31. The maximum Gasteiger partial charge on any atom is 0.266 e. The fourth-order valence-corrected chi connectivity index (χ4v) is 3.12. The Morgan fingerprint density at radius 2 is 2.12 bits per heavy atom. The van der Waals surface area contributed by atoms with Gasteiger partial charge in [0.15, 0.2) is 0 Å². The molecule has 1 aliphatic heterocycles. The molecule has 0 saturated carbocycles. The van der Waals surface area contributed by atoms with Gasteiger partial charge in [0.1, 0.15) is 11.6 Å². The first-order valence-corrected chi connectivity index (χ1v) is 8.06. The molecular weight excluding hydrogens is 328 g/mol. The van der Waals surface area contributed by atoms with Crippen LogP contribution in [0, 0.1) is 31.1 Å². The van der Waals surface area contributed by atoms with Gasteiger partial charge < -0.3 is 15.6 Å². The molecule has 132 valence electrons. The third kappa shape index (κ3) is 4.59. The van der Waals surface area contributed by atoms with Gasteiger partial charge in [0.25, 0.3) is 5.56 Å². The zero-order chi connectivity index (χ0) is 17.0. The third-order valence-electron chi connectivity index (χ3n) is 4.70. The number of aryl methyl sites for hydroxylation is 1. The van der Waals surface area contributed by atoms with Crippen LogP contribution in [0.5, 0.6) is 0 Å². The first kappa shape index (κ1) is 20.2. The number of hydrogen-bond acceptors (Lipinski definition) is 4. The highest BCUT2D eigenvalue weighted by Crippen LogP contribution is 2.16. The zero-order valence-electron chi connectivity index (χ0n) is 14.4. The number of carbonyl (C=O) groups is 1. The molecule has 7 heteroatoms. The lowest BCUT2D eigenvalue weighted by Gasteiger charge is -2.30. The average molecular weight is 353 g/mol. The normalized spacial score (nSPS) is 19.9. The van der Waals surface area contributed by atoms with E-state index in [1.54, 1.807) is 13.8 Å². The van der Waals surface area contributed by atoms with E-state index in [-0.39, 0.29) is 35.5 Å². The zero-order valence-corrected chi connectivity index (χ0v) is 15.2. The number of pyridine rings is 1. The molecule has 0 aliphatic carbocycles. The van der Waals surface area contributed by atoms with E-state index in [9.17, 15) is 9.59 Å². The second-order valence-electron chi connectivity index (χ2n) is 6.31. The molecular formula is C17H25ClN4O2. The summed E-state index contributed by atoms with van der Waals surface area (Å²) in [5.41, 5.74) is 2.06. The maximum atomic E-state index is 12.2. The van der Waals surface area contributed by atoms with Crippen molar-refractivity contribution >= 4 is 18.3 Å². The Kier molecular flexibility index (Phi) is 7.46. The molecule has 0 bridgehead atoms. The molecule has 1 saturated heterocycles. The van der Waals surface area contributed by atoms with E-state index in [1.165, 1.54) is 0 Å². The van der Waals surface area contributed by atoms with Gasteiger partial charge in [0, 0.05) is 24.7 Å². The van der Waals surface area contributed by atoms with Gasteiger partial charge in [-0.2, -0.15) is 5.26 Å². The molecule has 1 aromatic heterocycles. The average Bonchev–Trinajstić information content (AvgIpc) is 2.49. The molecule has 1 aromatic rings. The summed E-state index contributed by atoms with van der Waals surface area (Å²) >= 11 is 0. The van der Waals surface area contributed by atoms with Crippen molar-refractivity contribution in [2.45, 2.75) is 46.1 Å². The lowest BCUT2D eigenvalue weighted by Crippen LogP contribution is -2.50. The molecule has 1 aliphatic rings. The maximum absolute atomic E-state index is 12.2. The quantitative estimate of drug-likeness (QED) is 0.761. The van der Waals surface area contributed by atoms with Crippen molar-refractivity contribution in [2.75, 3.05) is 13.1 Å². The van der Waals surface area contributed by atoms with Crippen LogP contribution in [0.1, 0.15) is 42.1 Å². The van der Waals surface area contributed by atoms with E-state index in [2.05, 4.69) is 22.5 Å². The predicted octanol–water partition coefficient (Wildman–Crippen LogP) is 1.33. The number of rotatable bonds is 4. The van der Waals surface area contributed by atoms with Crippen LogP contribution in [0.4, 0.5) is 0 Å². The summed E-state index contributed by atoms with van der Waals surface area (Å²) in [6.45, 7) is 7.53. The minimum absolute atomic E-state index is 0. The second kappa shape index (κ2) is 8.86. The van der Waals surface area contributed by atoms with E-state index >= 15 is 0 Å². The number of carbonyl (C=O) groups excluding carboxylic acids is 1. The highest BCUT2D eigenvalue weighted by atomic mass is 35.5. The van der Waals surface area contributed by atoms with Crippen molar-refractivity contribution in [3.05, 3.63) is 32.7 Å². The van der Waals surface area contributed by atoms with Gasteiger partial charge in [-0.1, -0.05) is 6.92 Å². The summed E-state index contributed by atoms with van der Waals surface area (Å²) in [7, 11) is 0. The molecule has 2 atom stereocenters. The summed E-state index contributed by atoms with van der Waals surface area (Å²) in [5, 5.41) is 15.5. The molecule has 2 rings (SSSR count). The predicted molar refractivity (Wildman–Crippen MR) is 95.4 cm³/mol. The molecule has 6 nitrogen and oxygen atoms in total. The number of aromatic amines is 1. The molecule has 0 spiro atoms. The summed E-state index contributed by atoms with van der Waals surface area (Å²) in [6.07, 6.45) is 1.93. The van der Waals surface area contributed by atoms with Gasteiger partial charge in [-0.15, -0.1) is 12.4 Å². The highest BCUT2D eigenvalue weighted by Gasteiger charge is 2.22. The van der Waals surface area contributed by atoms with Gasteiger partial charge in [-0.3, -0.25) is 9.59 Å². The van der Waals surface area contributed by atoms with Crippen LogP contribution >= 0.6 is 12.4 Å². The Bertz CT molecular complexity index is 693. The van der Waals surface area contributed by atoms with Crippen LogP contribution in [-0.4, -0.2) is 30.0 Å². The summed E-state index contributed by atoms with van der Waals surface area (Å²) in [5.74, 6) is 0.482. The number of nitrogens with zero attached hydrogens (tertiary/aromatic N) is 1. The van der Waals surface area contributed by atoms with Crippen molar-refractivity contribution < 1.29 is 4.79 Å². The number of piperidine rings is 1. The van der Waals surface area contributed by atoms with Crippen molar-refractivity contribution in [3.8, 4) is 6.07 Å². The molecule has 1 fully saturated rings. The number of hydrogen-bond donors (Lipinski definition) is 3. The van der Waals surface area contributed by atoms with E-state index < -0.39 is 0 Å². The first-order chi connectivity index (χ1) is 10.9. The number of halogens is 1. The van der Waals surface area contributed by atoms with Crippen molar-refractivity contribution in [1.29, 1.82) is 5.26 Å². The number of nitrogens with one attached hydrogen (secondary N) is 3. The van der Waals surface area contributed by atoms with Gasteiger partial charge >= 0.3 is 0 Å². The van der Waals surface area contributed by atoms with E-state index in [1.807, 2.05) is 6.07 Å². The Labute approximate surface area is 148 Å². The largest absolute Gasteiger partial charge is 0.352 e. The van der Waals surface area contributed by atoms with Crippen LogP contribution in [0.3, 0.4) is 0 Å². The fraction of sp³-hybridized carbons (Fsp3) is 0.588. The molecule has 2 unspecified atom stereocenters. The van der Waals surface area contributed by atoms with E-state index in [0.717, 1.165) is 30.8 Å². The minimum atomic E-state index is -0.363. The Balaban J connectivity index is 0.00000288. The topological polar surface area (TPSA) is 97.8 Å². The standard InChI is InChI=1S/C17H24N4O2.ClH/c1-10-6-7-19-9-15(10)21-16(22)5-4-13-11(2)14(8-18)17(23)20-12(13)3;/h10,15,19H,4-7,9H2,1-3H3,(H,20,23)(H,21,22);1H. The van der Waals surface area contributed by atoms with Crippen molar-refractivity contribution in [1.82, 2.24) is 15.6 Å². The van der Waals surface area contributed by atoms with E-state index in [4.69, 9.17) is 5.26 Å². The molecule has 3 N–H and O–H groups in total. The van der Waals surface area contributed by atoms with Gasteiger partial charge in [0.2, 0.25) is 5.91 Å². The Hall–Kier alpha value is -1.84.